The lowest BCUT2D eigenvalue weighted by Gasteiger charge is -2.20. The summed E-state index contributed by atoms with van der Waals surface area (Å²) < 4.78 is 0. The van der Waals surface area contributed by atoms with E-state index in [0.717, 1.165) is 22.5 Å². The van der Waals surface area contributed by atoms with Crippen LogP contribution in [0.1, 0.15) is 0 Å². The number of pyridine rings is 1. The van der Waals surface area contributed by atoms with Gasteiger partial charge in [-0.15, -0.1) is 0 Å². The number of aromatic nitrogens is 1. The number of hydrogen-bond acceptors (Lipinski definition) is 1. The summed E-state index contributed by atoms with van der Waals surface area (Å²) in [4.78, 5) is 5.16. The molecule has 0 aliphatic carbocycles. The molecule has 242 valence electrons. The quantitative estimate of drug-likeness (QED) is 0.132. The maximum Gasteiger partial charge on any atom is 0.0709 e. The molecular formula is C51H33N. The van der Waals surface area contributed by atoms with E-state index in [1.807, 2.05) is 6.07 Å². The molecule has 1 aromatic heterocycles. The first-order valence-corrected chi connectivity index (χ1v) is 17.9. The van der Waals surface area contributed by atoms with E-state index in [2.05, 4.69) is 194 Å². The molecule has 0 atom stereocenters. The van der Waals surface area contributed by atoms with Crippen molar-refractivity contribution >= 4 is 43.1 Å². The molecule has 52 heavy (non-hydrogen) atoms. The number of fused-ring (bicyclic) bond motifs is 5. The molecule has 1 nitrogen and oxygen atoms in total. The summed E-state index contributed by atoms with van der Waals surface area (Å²) in [6, 6.07) is 72.4. The lowest BCUT2D eigenvalue weighted by molar-refractivity contribution is 1.33. The molecule has 1 heteroatoms. The highest BCUT2D eigenvalue weighted by Crippen LogP contribution is 2.46. The van der Waals surface area contributed by atoms with E-state index in [4.69, 9.17) is 4.98 Å². The smallest absolute Gasteiger partial charge is 0.0709 e. The van der Waals surface area contributed by atoms with E-state index in [1.54, 1.807) is 0 Å². The van der Waals surface area contributed by atoms with E-state index in [1.165, 1.54) is 76.5 Å². The zero-order chi connectivity index (χ0) is 34.4. The summed E-state index contributed by atoms with van der Waals surface area (Å²) in [7, 11) is 0. The fourth-order valence-corrected chi connectivity index (χ4v) is 8.05. The molecular weight excluding hydrogens is 627 g/mol. The van der Waals surface area contributed by atoms with Crippen LogP contribution in [-0.2, 0) is 0 Å². The first kappa shape index (κ1) is 30.0. The summed E-state index contributed by atoms with van der Waals surface area (Å²) in [5.74, 6) is 0. The van der Waals surface area contributed by atoms with Gasteiger partial charge in [0, 0.05) is 11.1 Å². The molecule has 0 radical (unpaired) electrons. The van der Waals surface area contributed by atoms with Gasteiger partial charge in [0.1, 0.15) is 0 Å². The minimum absolute atomic E-state index is 0.960. The Hall–Kier alpha value is -6.83. The minimum atomic E-state index is 0.960. The highest BCUT2D eigenvalue weighted by atomic mass is 14.7. The summed E-state index contributed by atoms with van der Waals surface area (Å²) >= 11 is 0. The van der Waals surface area contributed by atoms with Crippen molar-refractivity contribution in [1.82, 2.24) is 4.98 Å². The molecule has 0 saturated carbocycles. The summed E-state index contributed by atoms with van der Waals surface area (Å²) in [5, 5.41) is 9.98. The summed E-state index contributed by atoms with van der Waals surface area (Å²) in [5.41, 5.74) is 11.5. The summed E-state index contributed by atoms with van der Waals surface area (Å²) in [6.45, 7) is 0. The average Bonchev–Trinajstić information content (AvgIpc) is 3.23. The van der Waals surface area contributed by atoms with Gasteiger partial charge in [-0.3, -0.25) is 0 Å². The van der Waals surface area contributed by atoms with E-state index in [9.17, 15) is 0 Å². The van der Waals surface area contributed by atoms with Gasteiger partial charge in [0.2, 0.25) is 0 Å². The molecule has 0 bridgehead atoms. The van der Waals surface area contributed by atoms with Crippen LogP contribution < -0.4 is 0 Å². The lowest BCUT2D eigenvalue weighted by Crippen LogP contribution is -1.93. The second-order valence-corrected chi connectivity index (χ2v) is 13.5. The number of nitrogens with zero attached hydrogens (tertiary/aromatic N) is 1. The fraction of sp³-hybridized carbons (Fsp3) is 0. The maximum atomic E-state index is 5.16. The van der Waals surface area contributed by atoms with Crippen LogP contribution in [0.3, 0.4) is 0 Å². The normalized spacial score (nSPS) is 11.5. The molecule has 0 spiro atoms. The van der Waals surface area contributed by atoms with Gasteiger partial charge in [0.25, 0.3) is 0 Å². The Balaban J connectivity index is 1.28. The second-order valence-electron chi connectivity index (χ2n) is 13.5. The van der Waals surface area contributed by atoms with Crippen molar-refractivity contribution in [3.63, 3.8) is 0 Å². The largest absolute Gasteiger partial charge is 0.248 e. The van der Waals surface area contributed by atoms with Gasteiger partial charge < -0.3 is 0 Å². The van der Waals surface area contributed by atoms with Crippen molar-refractivity contribution in [1.29, 1.82) is 0 Å². The van der Waals surface area contributed by atoms with Crippen LogP contribution in [0.15, 0.2) is 200 Å². The van der Waals surface area contributed by atoms with Crippen LogP contribution in [0.2, 0.25) is 0 Å². The van der Waals surface area contributed by atoms with Crippen LogP contribution in [0, 0.1) is 0 Å². The predicted octanol–water partition coefficient (Wildman–Crippen LogP) is 14.0. The first-order valence-electron chi connectivity index (χ1n) is 17.9. The second kappa shape index (κ2) is 12.5. The van der Waals surface area contributed by atoms with Crippen LogP contribution in [0.4, 0.5) is 0 Å². The van der Waals surface area contributed by atoms with E-state index in [-0.39, 0.29) is 0 Å². The van der Waals surface area contributed by atoms with Gasteiger partial charge in [-0.25, -0.2) is 4.98 Å². The Morgan fingerprint density at radius 3 is 1.37 bits per heavy atom. The highest BCUT2D eigenvalue weighted by molar-refractivity contribution is 6.23. The van der Waals surface area contributed by atoms with Gasteiger partial charge >= 0.3 is 0 Å². The molecule has 0 saturated heterocycles. The number of hydrogen-bond donors (Lipinski definition) is 0. The van der Waals surface area contributed by atoms with Crippen molar-refractivity contribution in [3.8, 4) is 55.9 Å². The molecule has 0 aliphatic heterocycles. The Bertz CT molecular complexity index is 2930. The van der Waals surface area contributed by atoms with E-state index < -0.39 is 0 Å². The zero-order valence-electron chi connectivity index (χ0n) is 28.5. The Morgan fingerprint density at radius 1 is 0.250 bits per heavy atom. The molecule has 0 aliphatic rings. The molecule has 0 amide bonds. The zero-order valence-corrected chi connectivity index (χ0v) is 28.5. The SMILES string of the molecule is c1ccc(-c2cccc(-c3ccc4c(-c5ccccc5)c5cc(-c6cc7ccccc7c7ccccc67)ccc5c(-c5ccccc5)c4c3)n2)cc1. The topological polar surface area (TPSA) is 12.9 Å². The van der Waals surface area contributed by atoms with Crippen LogP contribution in [0.5, 0.6) is 0 Å². The van der Waals surface area contributed by atoms with Gasteiger partial charge in [0.05, 0.1) is 11.4 Å². The standard InChI is InChI=1S/C51H33N/c1-4-15-34(16-5-1)48-25-14-26-49(52-48)39-28-30-44-47(33-39)51(36-19-8-3-9-20-36)43-29-27-38(32-46(43)50(44)35-17-6-2-7-18-35)45-31-37-21-10-11-22-40(37)41-23-12-13-24-42(41)45/h1-33H. The van der Waals surface area contributed by atoms with E-state index in [0.29, 0.717) is 0 Å². The summed E-state index contributed by atoms with van der Waals surface area (Å²) in [6.07, 6.45) is 0. The third kappa shape index (κ3) is 5.06. The van der Waals surface area contributed by atoms with Crippen molar-refractivity contribution in [2.75, 3.05) is 0 Å². The van der Waals surface area contributed by atoms with Crippen LogP contribution >= 0.6 is 0 Å². The molecule has 9 aromatic carbocycles. The highest BCUT2D eigenvalue weighted by Gasteiger charge is 2.19. The van der Waals surface area contributed by atoms with Crippen LogP contribution in [-0.4, -0.2) is 4.98 Å². The third-order valence-electron chi connectivity index (χ3n) is 10.4. The Labute approximate surface area is 303 Å². The lowest BCUT2D eigenvalue weighted by atomic mass is 9.83. The first-order chi connectivity index (χ1) is 25.8. The monoisotopic (exact) mass is 659 g/mol. The van der Waals surface area contributed by atoms with Crippen LogP contribution in [0.25, 0.3) is 99.0 Å². The van der Waals surface area contributed by atoms with Crippen molar-refractivity contribution in [2.45, 2.75) is 0 Å². The van der Waals surface area contributed by atoms with Crippen molar-refractivity contribution in [2.24, 2.45) is 0 Å². The minimum Gasteiger partial charge on any atom is -0.248 e. The van der Waals surface area contributed by atoms with Gasteiger partial charge in [-0.05, 0) is 107 Å². The molecule has 10 rings (SSSR count). The fourth-order valence-electron chi connectivity index (χ4n) is 8.05. The van der Waals surface area contributed by atoms with Gasteiger partial charge in [-0.1, -0.05) is 170 Å². The Kier molecular flexibility index (Phi) is 7.22. The average molecular weight is 660 g/mol. The number of benzene rings is 9. The Morgan fingerprint density at radius 2 is 0.731 bits per heavy atom. The molecule has 0 N–H and O–H groups in total. The van der Waals surface area contributed by atoms with Crippen molar-refractivity contribution in [3.05, 3.63) is 200 Å². The van der Waals surface area contributed by atoms with Gasteiger partial charge in [0.15, 0.2) is 0 Å². The molecule has 0 fully saturated rings. The third-order valence-corrected chi connectivity index (χ3v) is 10.4. The predicted molar refractivity (Wildman–Crippen MR) is 221 cm³/mol. The number of rotatable bonds is 5. The van der Waals surface area contributed by atoms with Gasteiger partial charge in [-0.2, -0.15) is 0 Å². The molecule has 1 heterocycles. The maximum absolute atomic E-state index is 5.16. The molecule has 0 unspecified atom stereocenters. The molecule has 10 aromatic rings. The van der Waals surface area contributed by atoms with Crippen molar-refractivity contribution < 1.29 is 0 Å². The van der Waals surface area contributed by atoms with E-state index >= 15 is 0 Å².